The van der Waals surface area contributed by atoms with E-state index in [1.165, 1.54) is 4.90 Å². The topological polar surface area (TPSA) is 84.0 Å². The van der Waals surface area contributed by atoms with Crippen molar-refractivity contribution >= 4 is 35.1 Å². The molecule has 34 heavy (non-hydrogen) atoms. The predicted octanol–water partition coefficient (Wildman–Crippen LogP) is 3.72. The highest BCUT2D eigenvalue weighted by Gasteiger charge is 2.47. The maximum atomic E-state index is 12.8. The van der Waals surface area contributed by atoms with Crippen molar-refractivity contribution in [3.63, 3.8) is 0 Å². The number of aryl methyl sites for hydroxylation is 2. The van der Waals surface area contributed by atoms with Gasteiger partial charge in [0, 0.05) is 18.7 Å². The Morgan fingerprint density at radius 2 is 1.47 bits per heavy atom. The third-order valence-electron chi connectivity index (χ3n) is 7.08. The molecule has 0 N–H and O–H groups in total. The monoisotopic (exact) mass is 458 g/mol. The molecule has 2 fully saturated rings. The van der Waals surface area contributed by atoms with Crippen LogP contribution in [0, 0.1) is 31.6 Å². The van der Waals surface area contributed by atoms with E-state index in [9.17, 15) is 19.2 Å². The highest BCUT2D eigenvalue weighted by molar-refractivity contribution is 6.22. The summed E-state index contributed by atoms with van der Waals surface area (Å²) in [5.41, 5.74) is 3.48. The number of hydrogen-bond donors (Lipinski definition) is 0. The van der Waals surface area contributed by atoms with E-state index in [4.69, 9.17) is 4.74 Å². The number of esters is 1. The highest BCUT2D eigenvalue weighted by atomic mass is 16.5. The predicted molar refractivity (Wildman–Crippen MR) is 126 cm³/mol. The van der Waals surface area contributed by atoms with Gasteiger partial charge in [0.25, 0.3) is 0 Å². The molecule has 0 bridgehead atoms. The molecule has 2 aromatic rings. The second-order valence-corrected chi connectivity index (χ2v) is 9.26. The van der Waals surface area contributed by atoms with Crippen LogP contribution in [0.3, 0.4) is 0 Å². The SMILES string of the molecule is Cc1ccc(N2C[C@@H](C(=O)Oc3ccc(N4C(=O)[C@H]5CC=CC[C@H]5C4=O)cc3)CC2=O)cc1C. The molecule has 3 aliphatic rings. The van der Waals surface area contributed by atoms with E-state index >= 15 is 0 Å². The van der Waals surface area contributed by atoms with Gasteiger partial charge in [-0.05, 0) is 74.2 Å². The van der Waals surface area contributed by atoms with Crippen molar-refractivity contribution < 1.29 is 23.9 Å². The summed E-state index contributed by atoms with van der Waals surface area (Å²) in [5.74, 6) is -1.79. The van der Waals surface area contributed by atoms with Gasteiger partial charge in [0.1, 0.15) is 5.75 Å². The van der Waals surface area contributed by atoms with Crippen molar-refractivity contribution in [1.82, 2.24) is 0 Å². The van der Waals surface area contributed by atoms with Gasteiger partial charge in [0.2, 0.25) is 17.7 Å². The summed E-state index contributed by atoms with van der Waals surface area (Å²) in [6.45, 7) is 4.27. The normalized spacial score (nSPS) is 24.1. The van der Waals surface area contributed by atoms with Gasteiger partial charge in [-0.2, -0.15) is 0 Å². The van der Waals surface area contributed by atoms with Gasteiger partial charge < -0.3 is 9.64 Å². The second kappa shape index (κ2) is 8.56. The number of allylic oxidation sites excluding steroid dienone is 2. The molecular weight excluding hydrogens is 432 g/mol. The zero-order valence-corrected chi connectivity index (χ0v) is 19.2. The number of rotatable bonds is 4. The summed E-state index contributed by atoms with van der Waals surface area (Å²) < 4.78 is 5.52. The lowest BCUT2D eigenvalue weighted by molar-refractivity contribution is -0.139. The van der Waals surface area contributed by atoms with Crippen LogP contribution in [-0.2, 0) is 19.2 Å². The first-order valence-electron chi connectivity index (χ1n) is 11.6. The molecule has 2 saturated heterocycles. The molecule has 0 saturated carbocycles. The van der Waals surface area contributed by atoms with Gasteiger partial charge >= 0.3 is 5.97 Å². The lowest BCUT2D eigenvalue weighted by Crippen LogP contribution is -2.30. The van der Waals surface area contributed by atoms with Crippen LogP contribution in [0.15, 0.2) is 54.6 Å². The summed E-state index contributed by atoms with van der Waals surface area (Å²) in [7, 11) is 0. The molecule has 5 rings (SSSR count). The lowest BCUT2D eigenvalue weighted by atomic mass is 9.85. The number of ether oxygens (including phenoxy) is 1. The van der Waals surface area contributed by atoms with E-state index in [1.54, 1.807) is 29.2 Å². The summed E-state index contributed by atoms with van der Waals surface area (Å²) in [6, 6.07) is 12.2. The Balaban J connectivity index is 1.24. The minimum atomic E-state index is -0.564. The van der Waals surface area contributed by atoms with Crippen LogP contribution in [0.2, 0.25) is 0 Å². The van der Waals surface area contributed by atoms with Crippen LogP contribution < -0.4 is 14.5 Å². The quantitative estimate of drug-likeness (QED) is 0.302. The Morgan fingerprint density at radius 1 is 0.853 bits per heavy atom. The van der Waals surface area contributed by atoms with Crippen LogP contribution in [0.4, 0.5) is 11.4 Å². The smallest absolute Gasteiger partial charge is 0.316 e. The maximum absolute atomic E-state index is 12.8. The molecule has 0 aromatic heterocycles. The van der Waals surface area contributed by atoms with E-state index in [-0.39, 0.29) is 42.5 Å². The minimum absolute atomic E-state index is 0.0947. The maximum Gasteiger partial charge on any atom is 0.316 e. The van der Waals surface area contributed by atoms with Crippen LogP contribution >= 0.6 is 0 Å². The Kier molecular flexibility index (Phi) is 5.55. The van der Waals surface area contributed by atoms with Crippen molar-refractivity contribution in [3.8, 4) is 5.75 Å². The first kappa shape index (κ1) is 22.1. The van der Waals surface area contributed by atoms with Gasteiger partial charge in [-0.15, -0.1) is 0 Å². The number of imide groups is 1. The van der Waals surface area contributed by atoms with Crippen LogP contribution in [-0.4, -0.2) is 30.2 Å². The Labute approximate surface area is 198 Å². The van der Waals surface area contributed by atoms with Crippen LogP contribution in [0.5, 0.6) is 5.75 Å². The molecule has 2 heterocycles. The van der Waals surface area contributed by atoms with Crippen molar-refractivity contribution in [1.29, 1.82) is 0 Å². The summed E-state index contributed by atoms with van der Waals surface area (Å²) >= 11 is 0. The molecule has 0 spiro atoms. The Hall–Kier alpha value is -3.74. The molecular formula is C27H26N2O5. The van der Waals surface area contributed by atoms with Crippen molar-refractivity contribution in [2.75, 3.05) is 16.3 Å². The van der Waals surface area contributed by atoms with Gasteiger partial charge in [0.15, 0.2) is 0 Å². The van der Waals surface area contributed by atoms with Gasteiger partial charge in [-0.1, -0.05) is 18.2 Å². The number of anilines is 2. The minimum Gasteiger partial charge on any atom is -0.426 e. The Bertz CT molecular complexity index is 1190. The third kappa shape index (κ3) is 3.81. The number of nitrogens with zero attached hydrogens (tertiary/aromatic N) is 2. The largest absolute Gasteiger partial charge is 0.426 e. The Morgan fingerprint density at radius 3 is 2.09 bits per heavy atom. The second-order valence-electron chi connectivity index (χ2n) is 9.26. The first-order chi connectivity index (χ1) is 16.3. The summed E-state index contributed by atoms with van der Waals surface area (Å²) in [4.78, 5) is 53.7. The average molecular weight is 459 g/mol. The summed E-state index contributed by atoms with van der Waals surface area (Å²) in [5, 5.41) is 0. The molecule has 7 heteroatoms. The lowest BCUT2D eigenvalue weighted by Gasteiger charge is -2.18. The number of hydrogen-bond acceptors (Lipinski definition) is 5. The third-order valence-corrected chi connectivity index (χ3v) is 7.08. The molecule has 3 atom stereocenters. The van der Waals surface area contributed by atoms with E-state index in [0.717, 1.165) is 16.8 Å². The van der Waals surface area contributed by atoms with E-state index in [1.807, 2.05) is 44.2 Å². The zero-order valence-electron chi connectivity index (χ0n) is 19.2. The van der Waals surface area contributed by atoms with Crippen molar-refractivity contribution in [2.45, 2.75) is 33.1 Å². The molecule has 0 unspecified atom stereocenters. The fraction of sp³-hybridized carbons (Fsp3) is 0.333. The van der Waals surface area contributed by atoms with Crippen LogP contribution in [0.1, 0.15) is 30.4 Å². The van der Waals surface area contributed by atoms with Gasteiger partial charge in [0.05, 0.1) is 23.4 Å². The highest BCUT2D eigenvalue weighted by Crippen LogP contribution is 2.38. The number of carbonyl (C=O) groups is 4. The van der Waals surface area contributed by atoms with Gasteiger partial charge in [-0.25, -0.2) is 0 Å². The fourth-order valence-corrected chi connectivity index (χ4v) is 4.93. The average Bonchev–Trinajstić information content (AvgIpc) is 3.34. The van der Waals surface area contributed by atoms with E-state index < -0.39 is 11.9 Å². The van der Waals surface area contributed by atoms with Crippen molar-refractivity contribution in [2.24, 2.45) is 17.8 Å². The molecule has 2 aromatic carbocycles. The van der Waals surface area contributed by atoms with E-state index in [0.29, 0.717) is 24.3 Å². The molecule has 0 radical (unpaired) electrons. The first-order valence-corrected chi connectivity index (χ1v) is 11.6. The number of carbonyl (C=O) groups excluding carboxylic acids is 4. The standard InChI is InChI=1S/C27H26N2O5/c1-16-7-8-20(13-17(16)2)28-15-18(14-24(28)30)27(33)34-21-11-9-19(10-12-21)29-25(31)22-5-3-4-6-23(22)26(29)32/h3-4,7-13,18,22-23H,5-6,14-15H2,1-2H3/t18-,22-,23+/m0/s1. The molecule has 174 valence electrons. The number of benzene rings is 2. The molecule has 7 nitrogen and oxygen atoms in total. The molecule has 2 aliphatic heterocycles. The van der Waals surface area contributed by atoms with Crippen molar-refractivity contribution in [3.05, 3.63) is 65.7 Å². The fourth-order valence-electron chi connectivity index (χ4n) is 4.93. The van der Waals surface area contributed by atoms with Crippen LogP contribution in [0.25, 0.3) is 0 Å². The number of amides is 3. The summed E-state index contributed by atoms with van der Waals surface area (Å²) in [6.07, 6.45) is 5.17. The molecule has 1 aliphatic carbocycles. The molecule has 3 amide bonds. The number of fused-ring (bicyclic) bond motifs is 1. The zero-order chi connectivity index (χ0) is 24.0. The van der Waals surface area contributed by atoms with E-state index in [2.05, 4.69) is 0 Å². The van der Waals surface area contributed by atoms with Gasteiger partial charge in [-0.3, -0.25) is 24.1 Å².